The summed E-state index contributed by atoms with van der Waals surface area (Å²) in [6.07, 6.45) is 0.224. The molecule has 0 aromatic heterocycles. The number of hydrogen-bond donors (Lipinski definition) is 1. The van der Waals surface area contributed by atoms with Crippen molar-refractivity contribution in [2.24, 2.45) is 0 Å². The monoisotopic (exact) mass is 317 g/mol. The van der Waals surface area contributed by atoms with Crippen LogP contribution in [0.15, 0.2) is 18.2 Å². The van der Waals surface area contributed by atoms with Gasteiger partial charge in [-0.2, -0.15) is 0 Å². The summed E-state index contributed by atoms with van der Waals surface area (Å²) in [4.78, 5) is 10.9. The van der Waals surface area contributed by atoms with Crippen LogP contribution >= 0.6 is 0 Å². The van der Waals surface area contributed by atoms with E-state index in [1.807, 2.05) is 0 Å². The van der Waals surface area contributed by atoms with Gasteiger partial charge in [-0.15, -0.1) is 0 Å². The second kappa shape index (κ2) is 7.51. The fraction of sp³-hybridized carbons (Fsp3) is 0.500. The number of carbonyl (C=O) groups excluding carboxylic acids is 1. The SMILES string of the molecule is COC(=O)CCCS(=O)(=O)NC(C)c1ccc(C)c(F)c1. The van der Waals surface area contributed by atoms with Gasteiger partial charge in [-0.05, 0) is 37.5 Å². The molecular weight excluding hydrogens is 297 g/mol. The second-order valence-corrected chi connectivity index (χ2v) is 6.72. The average Bonchev–Trinajstić information content (AvgIpc) is 2.40. The van der Waals surface area contributed by atoms with Gasteiger partial charge in [0.1, 0.15) is 5.82 Å². The molecule has 0 aliphatic heterocycles. The summed E-state index contributed by atoms with van der Waals surface area (Å²) < 4.78 is 44.1. The zero-order valence-corrected chi connectivity index (χ0v) is 13.2. The van der Waals surface area contributed by atoms with Crippen LogP contribution < -0.4 is 4.72 Å². The van der Waals surface area contributed by atoms with Crippen molar-refractivity contribution in [3.63, 3.8) is 0 Å². The lowest BCUT2D eigenvalue weighted by Crippen LogP contribution is -2.29. The summed E-state index contributed by atoms with van der Waals surface area (Å²) in [5.74, 6) is -0.996. The Bertz CT molecular complexity index is 601. The van der Waals surface area contributed by atoms with Crippen LogP contribution in [0.5, 0.6) is 0 Å². The number of halogens is 1. The van der Waals surface area contributed by atoms with Crippen molar-refractivity contribution < 1.29 is 22.3 Å². The van der Waals surface area contributed by atoms with Gasteiger partial charge in [-0.25, -0.2) is 17.5 Å². The molecule has 0 saturated carbocycles. The highest BCUT2D eigenvalue weighted by Crippen LogP contribution is 2.17. The summed E-state index contributed by atoms with van der Waals surface area (Å²) >= 11 is 0. The molecule has 5 nitrogen and oxygen atoms in total. The summed E-state index contributed by atoms with van der Waals surface area (Å²) in [5.41, 5.74) is 1.06. The average molecular weight is 317 g/mol. The van der Waals surface area contributed by atoms with Gasteiger partial charge in [0, 0.05) is 12.5 Å². The molecule has 21 heavy (non-hydrogen) atoms. The van der Waals surface area contributed by atoms with Crippen LogP contribution in [0.2, 0.25) is 0 Å². The molecule has 0 saturated heterocycles. The molecule has 1 aromatic carbocycles. The van der Waals surface area contributed by atoms with E-state index in [1.54, 1.807) is 26.0 Å². The van der Waals surface area contributed by atoms with E-state index in [0.29, 0.717) is 11.1 Å². The predicted octanol–water partition coefficient (Wildman–Crippen LogP) is 2.07. The standard InChI is InChI=1S/C14H20FNO4S/c1-10-6-7-12(9-13(10)15)11(2)16-21(18,19)8-4-5-14(17)20-3/h6-7,9,11,16H,4-5,8H2,1-3H3. The largest absolute Gasteiger partial charge is 0.469 e. The lowest BCUT2D eigenvalue weighted by Gasteiger charge is -2.15. The maximum absolute atomic E-state index is 13.5. The molecule has 118 valence electrons. The van der Waals surface area contributed by atoms with Crippen LogP contribution in [0.25, 0.3) is 0 Å². The molecule has 0 radical (unpaired) electrons. The van der Waals surface area contributed by atoms with E-state index in [-0.39, 0.29) is 24.4 Å². The summed E-state index contributed by atoms with van der Waals surface area (Å²) in [5, 5.41) is 0. The van der Waals surface area contributed by atoms with Crippen molar-refractivity contribution in [3.05, 3.63) is 35.1 Å². The normalized spacial score (nSPS) is 13.0. The zero-order chi connectivity index (χ0) is 16.0. The van der Waals surface area contributed by atoms with Gasteiger partial charge in [0.25, 0.3) is 0 Å². The first-order valence-electron chi connectivity index (χ1n) is 6.58. The van der Waals surface area contributed by atoms with E-state index in [9.17, 15) is 17.6 Å². The first-order chi connectivity index (χ1) is 9.75. The minimum absolute atomic E-state index is 0.0466. The van der Waals surface area contributed by atoms with Crippen LogP contribution in [0.1, 0.15) is 36.9 Å². The number of esters is 1. The molecule has 1 rings (SSSR count). The van der Waals surface area contributed by atoms with Gasteiger partial charge in [0.2, 0.25) is 10.0 Å². The van der Waals surface area contributed by atoms with Crippen LogP contribution in [-0.2, 0) is 19.6 Å². The highest BCUT2D eigenvalue weighted by molar-refractivity contribution is 7.89. The molecule has 0 fully saturated rings. The number of rotatable bonds is 7. The van der Waals surface area contributed by atoms with Gasteiger partial charge in [0.15, 0.2) is 0 Å². The third kappa shape index (κ3) is 5.81. The Hall–Kier alpha value is -1.47. The van der Waals surface area contributed by atoms with Crippen LogP contribution in [0.4, 0.5) is 4.39 Å². The van der Waals surface area contributed by atoms with Crippen molar-refractivity contribution in [3.8, 4) is 0 Å². The number of benzene rings is 1. The quantitative estimate of drug-likeness (QED) is 0.781. The molecule has 0 aliphatic carbocycles. The fourth-order valence-electron chi connectivity index (χ4n) is 1.78. The van der Waals surface area contributed by atoms with Crippen LogP contribution in [-0.4, -0.2) is 27.2 Å². The Morgan fingerprint density at radius 1 is 1.43 bits per heavy atom. The molecular formula is C14H20FNO4S. The number of ether oxygens (including phenoxy) is 1. The highest BCUT2D eigenvalue weighted by Gasteiger charge is 2.17. The lowest BCUT2D eigenvalue weighted by atomic mass is 10.1. The van der Waals surface area contributed by atoms with Gasteiger partial charge in [-0.3, -0.25) is 4.79 Å². The Morgan fingerprint density at radius 3 is 2.67 bits per heavy atom. The van der Waals surface area contributed by atoms with E-state index in [0.717, 1.165) is 0 Å². The number of methoxy groups -OCH3 is 1. The maximum atomic E-state index is 13.5. The molecule has 7 heteroatoms. The van der Waals surface area contributed by atoms with Crippen LogP contribution in [0.3, 0.4) is 0 Å². The van der Waals surface area contributed by atoms with Crippen molar-refractivity contribution in [1.29, 1.82) is 0 Å². The molecule has 1 atom stereocenters. The third-order valence-corrected chi connectivity index (χ3v) is 4.61. The van der Waals surface area contributed by atoms with E-state index < -0.39 is 22.0 Å². The summed E-state index contributed by atoms with van der Waals surface area (Å²) in [6, 6.07) is 4.06. The molecule has 1 N–H and O–H groups in total. The number of sulfonamides is 1. The van der Waals surface area contributed by atoms with Crippen molar-refractivity contribution in [2.45, 2.75) is 32.7 Å². The van der Waals surface area contributed by atoms with Gasteiger partial charge in [-0.1, -0.05) is 12.1 Å². The Kier molecular flexibility index (Phi) is 6.29. The number of carbonyl (C=O) groups is 1. The first-order valence-corrected chi connectivity index (χ1v) is 8.23. The van der Waals surface area contributed by atoms with Crippen molar-refractivity contribution >= 4 is 16.0 Å². The van der Waals surface area contributed by atoms with E-state index in [4.69, 9.17) is 0 Å². The lowest BCUT2D eigenvalue weighted by molar-refractivity contribution is -0.140. The molecule has 0 bridgehead atoms. The Labute approximate surface area is 124 Å². The molecule has 1 unspecified atom stereocenters. The van der Waals surface area contributed by atoms with E-state index in [1.165, 1.54) is 13.2 Å². The molecule has 0 spiro atoms. The van der Waals surface area contributed by atoms with Gasteiger partial charge < -0.3 is 4.74 Å². The van der Waals surface area contributed by atoms with Crippen molar-refractivity contribution in [2.75, 3.05) is 12.9 Å². The number of nitrogens with one attached hydrogen (secondary N) is 1. The number of aryl methyl sites for hydroxylation is 1. The van der Waals surface area contributed by atoms with E-state index >= 15 is 0 Å². The summed E-state index contributed by atoms with van der Waals surface area (Å²) in [6.45, 7) is 3.28. The Morgan fingerprint density at radius 2 is 2.10 bits per heavy atom. The molecule has 0 amide bonds. The van der Waals surface area contributed by atoms with Gasteiger partial charge >= 0.3 is 5.97 Å². The van der Waals surface area contributed by atoms with Crippen molar-refractivity contribution in [1.82, 2.24) is 4.72 Å². The maximum Gasteiger partial charge on any atom is 0.305 e. The summed E-state index contributed by atoms with van der Waals surface area (Å²) in [7, 11) is -2.28. The zero-order valence-electron chi connectivity index (χ0n) is 12.3. The number of hydrogen-bond acceptors (Lipinski definition) is 4. The second-order valence-electron chi connectivity index (χ2n) is 4.85. The highest BCUT2D eigenvalue weighted by atomic mass is 32.2. The predicted molar refractivity (Wildman–Crippen MR) is 77.7 cm³/mol. The topological polar surface area (TPSA) is 72.5 Å². The Balaban J connectivity index is 2.61. The fourth-order valence-corrected chi connectivity index (χ4v) is 3.10. The molecule has 0 aliphatic rings. The smallest absolute Gasteiger partial charge is 0.305 e. The molecule has 1 aromatic rings. The molecule has 0 heterocycles. The first kappa shape index (κ1) is 17.6. The third-order valence-electron chi connectivity index (χ3n) is 3.07. The van der Waals surface area contributed by atoms with Crippen LogP contribution in [0, 0.1) is 12.7 Å². The van der Waals surface area contributed by atoms with E-state index in [2.05, 4.69) is 9.46 Å². The minimum atomic E-state index is -3.54. The van der Waals surface area contributed by atoms with Gasteiger partial charge in [0.05, 0.1) is 12.9 Å². The minimum Gasteiger partial charge on any atom is -0.469 e.